The molecule has 33 heavy (non-hydrogen) atoms. The standard InChI is InChI=1S/C29H38F2N2/c1-3-20-33(21-23-12-7-5-8-13-23)25(4-2)18-19-29(22-32,24-14-9-6-10-15-24)28-26(30)16-11-17-27(28)31/h5,7-8,11-13,16-17,24-25H,3-4,6,9-10,14-15,18-21H2,1-2H3. The maximum Gasteiger partial charge on any atom is 0.130 e. The molecule has 178 valence electrons. The van der Waals surface area contributed by atoms with Gasteiger partial charge in [-0.2, -0.15) is 5.26 Å². The van der Waals surface area contributed by atoms with E-state index in [1.807, 2.05) is 6.07 Å². The first kappa shape index (κ1) is 25.4. The molecule has 2 atom stereocenters. The molecule has 3 rings (SSSR count). The van der Waals surface area contributed by atoms with Gasteiger partial charge >= 0.3 is 0 Å². The van der Waals surface area contributed by atoms with Crippen LogP contribution in [0.5, 0.6) is 0 Å². The van der Waals surface area contributed by atoms with Crippen molar-refractivity contribution in [1.82, 2.24) is 4.90 Å². The van der Waals surface area contributed by atoms with E-state index >= 15 is 8.78 Å². The fourth-order valence-corrected chi connectivity index (χ4v) is 5.79. The number of nitrogens with zero attached hydrogens (tertiary/aromatic N) is 2. The van der Waals surface area contributed by atoms with Crippen LogP contribution in [-0.2, 0) is 12.0 Å². The summed E-state index contributed by atoms with van der Waals surface area (Å²) >= 11 is 0. The molecule has 0 aliphatic heterocycles. The highest BCUT2D eigenvalue weighted by Crippen LogP contribution is 2.46. The predicted molar refractivity (Wildman–Crippen MR) is 131 cm³/mol. The molecule has 2 unspecified atom stereocenters. The van der Waals surface area contributed by atoms with Crippen LogP contribution in [0, 0.1) is 28.9 Å². The SMILES string of the molecule is CCCN(Cc1ccccc1)C(CC)CCC(C#N)(c1c(F)cccc1F)C1CCCCC1. The van der Waals surface area contributed by atoms with Gasteiger partial charge in [-0.3, -0.25) is 4.90 Å². The molecule has 1 aliphatic carbocycles. The van der Waals surface area contributed by atoms with Gasteiger partial charge in [0, 0.05) is 18.2 Å². The van der Waals surface area contributed by atoms with Crippen molar-refractivity contribution in [3.05, 3.63) is 71.3 Å². The Morgan fingerprint density at radius 3 is 2.24 bits per heavy atom. The second kappa shape index (κ2) is 12.3. The minimum Gasteiger partial charge on any atom is -0.296 e. The molecule has 2 aromatic rings. The molecule has 1 saturated carbocycles. The summed E-state index contributed by atoms with van der Waals surface area (Å²) in [4.78, 5) is 2.48. The van der Waals surface area contributed by atoms with E-state index in [2.05, 4.69) is 49.1 Å². The summed E-state index contributed by atoms with van der Waals surface area (Å²) in [6, 6.07) is 17.2. The number of halogens is 2. The van der Waals surface area contributed by atoms with Crippen molar-refractivity contribution >= 4 is 0 Å². The Morgan fingerprint density at radius 2 is 1.67 bits per heavy atom. The van der Waals surface area contributed by atoms with Crippen LogP contribution in [0.4, 0.5) is 8.78 Å². The number of nitriles is 1. The minimum atomic E-state index is -1.12. The monoisotopic (exact) mass is 452 g/mol. The van der Waals surface area contributed by atoms with Crippen LogP contribution in [0.3, 0.4) is 0 Å². The van der Waals surface area contributed by atoms with Crippen molar-refractivity contribution in [1.29, 1.82) is 5.26 Å². The molecule has 0 saturated heterocycles. The van der Waals surface area contributed by atoms with Crippen molar-refractivity contribution < 1.29 is 8.78 Å². The molecule has 2 nitrogen and oxygen atoms in total. The van der Waals surface area contributed by atoms with E-state index in [1.165, 1.54) is 23.8 Å². The zero-order valence-electron chi connectivity index (χ0n) is 20.2. The third-order valence-corrected chi connectivity index (χ3v) is 7.51. The van der Waals surface area contributed by atoms with Crippen LogP contribution in [0.1, 0.15) is 82.8 Å². The van der Waals surface area contributed by atoms with Crippen LogP contribution in [0.25, 0.3) is 0 Å². The predicted octanol–water partition coefficient (Wildman–Crippen LogP) is 7.78. The second-order valence-corrected chi connectivity index (χ2v) is 9.57. The van der Waals surface area contributed by atoms with Gasteiger partial charge in [0.25, 0.3) is 0 Å². The summed E-state index contributed by atoms with van der Waals surface area (Å²) in [5.74, 6) is -1.16. The van der Waals surface area contributed by atoms with Crippen molar-refractivity contribution in [2.75, 3.05) is 6.54 Å². The first-order valence-corrected chi connectivity index (χ1v) is 12.7. The molecule has 1 fully saturated rings. The van der Waals surface area contributed by atoms with Gasteiger partial charge in [-0.1, -0.05) is 69.5 Å². The van der Waals surface area contributed by atoms with Crippen LogP contribution in [-0.4, -0.2) is 17.5 Å². The Bertz CT molecular complexity index is 881. The third kappa shape index (κ3) is 6.01. The van der Waals surface area contributed by atoms with Gasteiger partial charge in [0.2, 0.25) is 0 Å². The van der Waals surface area contributed by atoms with Gasteiger partial charge in [-0.05, 0) is 68.7 Å². The summed E-state index contributed by atoms with van der Waals surface area (Å²) in [6.07, 6.45) is 8.13. The summed E-state index contributed by atoms with van der Waals surface area (Å²) < 4.78 is 30.1. The fourth-order valence-electron chi connectivity index (χ4n) is 5.79. The quantitative estimate of drug-likeness (QED) is 0.348. The smallest absolute Gasteiger partial charge is 0.130 e. The van der Waals surface area contributed by atoms with Crippen molar-refractivity contribution in [2.45, 2.75) is 89.6 Å². The van der Waals surface area contributed by atoms with E-state index in [4.69, 9.17) is 0 Å². The molecule has 4 heteroatoms. The van der Waals surface area contributed by atoms with E-state index < -0.39 is 17.0 Å². The molecule has 0 radical (unpaired) electrons. The van der Waals surface area contributed by atoms with Crippen molar-refractivity contribution in [2.24, 2.45) is 5.92 Å². The lowest BCUT2D eigenvalue weighted by Gasteiger charge is -2.40. The average Bonchev–Trinajstić information content (AvgIpc) is 2.84. The number of hydrogen-bond acceptors (Lipinski definition) is 2. The molecule has 1 aliphatic rings. The van der Waals surface area contributed by atoms with E-state index in [0.29, 0.717) is 6.42 Å². The minimum absolute atomic E-state index is 0.000598. The number of rotatable bonds is 11. The van der Waals surface area contributed by atoms with Gasteiger partial charge in [0.1, 0.15) is 11.6 Å². The maximum absolute atomic E-state index is 15.1. The maximum atomic E-state index is 15.1. The number of benzene rings is 2. The Labute approximate surface area is 198 Å². The zero-order valence-corrected chi connectivity index (χ0v) is 20.2. The molecular formula is C29H38F2N2. The highest BCUT2D eigenvalue weighted by atomic mass is 19.1. The fraction of sp³-hybridized carbons (Fsp3) is 0.552. The van der Waals surface area contributed by atoms with Crippen molar-refractivity contribution in [3.63, 3.8) is 0 Å². The lowest BCUT2D eigenvalue weighted by atomic mass is 9.63. The second-order valence-electron chi connectivity index (χ2n) is 9.57. The van der Waals surface area contributed by atoms with Gasteiger partial charge in [0.15, 0.2) is 0 Å². The van der Waals surface area contributed by atoms with Crippen LogP contribution >= 0.6 is 0 Å². The molecular weight excluding hydrogens is 414 g/mol. The van der Waals surface area contributed by atoms with Gasteiger partial charge in [-0.15, -0.1) is 0 Å². The highest BCUT2D eigenvalue weighted by molar-refractivity contribution is 5.36. The highest BCUT2D eigenvalue weighted by Gasteiger charge is 2.45. The molecule has 0 amide bonds. The lowest BCUT2D eigenvalue weighted by Crippen LogP contribution is -2.41. The Balaban J connectivity index is 1.90. The average molecular weight is 453 g/mol. The van der Waals surface area contributed by atoms with Crippen LogP contribution in [0.2, 0.25) is 0 Å². The van der Waals surface area contributed by atoms with Crippen LogP contribution in [0.15, 0.2) is 48.5 Å². The lowest BCUT2D eigenvalue weighted by molar-refractivity contribution is 0.149. The third-order valence-electron chi connectivity index (χ3n) is 7.51. The molecule has 2 aromatic carbocycles. The molecule has 0 heterocycles. The van der Waals surface area contributed by atoms with Crippen molar-refractivity contribution in [3.8, 4) is 6.07 Å². The normalized spacial score (nSPS) is 17.5. The zero-order chi connectivity index (χ0) is 23.7. The van der Waals surface area contributed by atoms with E-state index in [9.17, 15) is 5.26 Å². The van der Waals surface area contributed by atoms with E-state index in [-0.39, 0.29) is 17.5 Å². The first-order valence-electron chi connectivity index (χ1n) is 12.7. The Morgan fingerprint density at radius 1 is 1.00 bits per heavy atom. The summed E-state index contributed by atoms with van der Waals surface area (Å²) in [5, 5.41) is 10.5. The molecule has 0 aromatic heterocycles. The van der Waals surface area contributed by atoms with E-state index in [0.717, 1.165) is 64.5 Å². The van der Waals surface area contributed by atoms with Crippen LogP contribution < -0.4 is 0 Å². The Kier molecular flexibility index (Phi) is 9.44. The molecule has 0 spiro atoms. The van der Waals surface area contributed by atoms with Gasteiger partial charge < -0.3 is 0 Å². The summed E-state index contributed by atoms with van der Waals surface area (Å²) in [6.45, 7) is 6.17. The first-order chi connectivity index (χ1) is 16.1. The number of hydrogen-bond donors (Lipinski definition) is 0. The van der Waals surface area contributed by atoms with E-state index in [1.54, 1.807) is 0 Å². The molecule has 0 bridgehead atoms. The Hall–Kier alpha value is -2.25. The van der Waals surface area contributed by atoms with Gasteiger partial charge in [0.05, 0.1) is 11.5 Å². The summed E-state index contributed by atoms with van der Waals surface area (Å²) in [7, 11) is 0. The molecule has 0 N–H and O–H groups in total. The topological polar surface area (TPSA) is 27.0 Å². The van der Waals surface area contributed by atoms with Gasteiger partial charge in [-0.25, -0.2) is 8.78 Å². The summed E-state index contributed by atoms with van der Waals surface area (Å²) in [5.41, 5.74) is 0.149. The largest absolute Gasteiger partial charge is 0.296 e.